The molecule has 126 valence electrons. The largest absolute Gasteiger partial charge is 1.00 e. The molecular weight excluding hydrogens is 436 g/mol. The van der Waals surface area contributed by atoms with Gasteiger partial charge in [-0.05, 0) is 30.7 Å². The van der Waals surface area contributed by atoms with Crippen LogP contribution in [0.3, 0.4) is 0 Å². The number of amidine groups is 1. The Kier molecular flexibility index (Phi) is 6.18. The zero-order valence-electron chi connectivity index (χ0n) is 13.4. The van der Waals surface area contributed by atoms with Crippen LogP contribution in [-0.2, 0) is 9.53 Å². The van der Waals surface area contributed by atoms with Gasteiger partial charge in [0.05, 0.1) is 18.8 Å². The molecule has 1 atom stereocenters. The average Bonchev–Trinajstić information content (AvgIpc) is 2.56. The highest BCUT2D eigenvalue weighted by Crippen LogP contribution is 2.40. The lowest BCUT2D eigenvalue weighted by Gasteiger charge is -2.37. The maximum atomic E-state index is 11.9. The monoisotopic (exact) mass is 451 g/mol. The van der Waals surface area contributed by atoms with Crippen molar-refractivity contribution in [2.24, 2.45) is 4.99 Å². The molecule has 0 bridgehead atoms. The first-order chi connectivity index (χ1) is 11.1. The summed E-state index contributed by atoms with van der Waals surface area (Å²) in [5.74, 6) is 0.526. The van der Waals surface area contributed by atoms with Crippen LogP contribution in [0.1, 0.15) is 24.1 Å². The van der Waals surface area contributed by atoms with Crippen molar-refractivity contribution in [1.29, 1.82) is 0 Å². The fraction of sp³-hybridized carbons (Fsp3) is 0.222. The zero-order chi connectivity index (χ0) is 16.4. The van der Waals surface area contributed by atoms with Crippen molar-refractivity contribution in [2.75, 3.05) is 13.7 Å². The van der Waals surface area contributed by atoms with E-state index < -0.39 is 0 Å². The molecule has 1 heterocycles. The third kappa shape index (κ3) is 3.70. The van der Waals surface area contributed by atoms with Crippen LogP contribution in [0.5, 0.6) is 0 Å². The van der Waals surface area contributed by atoms with E-state index in [2.05, 4.69) is 39.1 Å². The van der Waals surface area contributed by atoms with Crippen LogP contribution in [0, 0.1) is 0 Å². The minimum Gasteiger partial charge on any atom is -1.00 e. The Morgan fingerprint density at radius 2 is 1.96 bits per heavy atom. The Labute approximate surface area is 160 Å². The highest BCUT2D eigenvalue weighted by Gasteiger charge is 2.31. The van der Waals surface area contributed by atoms with E-state index in [9.17, 15) is 4.79 Å². The standard InChI is InChI=1S/C18H17BrN2O2.BrH/c1-12-20-16-9-8-14(19)10-15(16)18(13-6-4-3-5-7-13)21(12)11-17(22)23-2;/h3-10,18H,11H2,1-2H3;1H/p-1. The van der Waals surface area contributed by atoms with Crippen molar-refractivity contribution in [3.63, 3.8) is 0 Å². The average molecular weight is 453 g/mol. The van der Waals surface area contributed by atoms with Gasteiger partial charge in [-0.25, -0.2) is 4.99 Å². The minimum absolute atomic E-state index is 0. The van der Waals surface area contributed by atoms with Crippen LogP contribution >= 0.6 is 15.9 Å². The summed E-state index contributed by atoms with van der Waals surface area (Å²) in [7, 11) is 1.40. The van der Waals surface area contributed by atoms with Crippen molar-refractivity contribution in [3.05, 3.63) is 64.1 Å². The lowest BCUT2D eigenvalue weighted by molar-refractivity contribution is -0.141. The quantitative estimate of drug-likeness (QED) is 0.654. The van der Waals surface area contributed by atoms with E-state index in [1.165, 1.54) is 7.11 Å². The number of nitrogens with zero attached hydrogens (tertiary/aromatic N) is 2. The number of hydrogen-bond donors (Lipinski definition) is 0. The summed E-state index contributed by atoms with van der Waals surface area (Å²) < 4.78 is 5.84. The number of hydrogen-bond acceptors (Lipinski definition) is 4. The Morgan fingerprint density at radius 1 is 1.25 bits per heavy atom. The summed E-state index contributed by atoms with van der Waals surface area (Å²) in [6.45, 7) is 2.08. The molecule has 0 N–H and O–H groups in total. The molecule has 1 aliphatic heterocycles. The predicted molar refractivity (Wildman–Crippen MR) is 93.9 cm³/mol. The van der Waals surface area contributed by atoms with Crippen LogP contribution in [0.4, 0.5) is 5.69 Å². The van der Waals surface area contributed by atoms with Crippen molar-refractivity contribution in [1.82, 2.24) is 4.90 Å². The molecule has 3 rings (SSSR count). The Balaban J connectivity index is 0.00000208. The van der Waals surface area contributed by atoms with E-state index in [4.69, 9.17) is 4.74 Å². The summed E-state index contributed by atoms with van der Waals surface area (Å²) in [6, 6.07) is 16.1. The van der Waals surface area contributed by atoms with Gasteiger partial charge >= 0.3 is 5.97 Å². The second-order valence-electron chi connectivity index (χ2n) is 5.38. The summed E-state index contributed by atoms with van der Waals surface area (Å²) >= 11 is 3.53. The summed E-state index contributed by atoms with van der Waals surface area (Å²) in [5.41, 5.74) is 3.12. The van der Waals surface area contributed by atoms with Crippen LogP contribution in [0.15, 0.2) is 58.0 Å². The first-order valence-electron chi connectivity index (χ1n) is 7.33. The van der Waals surface area contributed by atoms with Crippen LogP contribution in [0.2, 0.25) is 0 Å². The molecule has 1 aliphatic rings. The number of aliphatic imine (C=N–C) groups is 1. The third-order valence-corrected chi connectivity index (χ3v) is 4.43. The van der Waals surface area contributed by atoms with Gasteiger partial charge in [-0.15, -0.1) is 0 Å². The Morgan fingerprint density at radius 3 is 2.62 bits per heavy atom. The topological polar surface area (TPSA) is 41.9 Å². The highest BCUT2D eigenvalue weighted by atomic mass is 79.9. The zero-order valence-corrected chi connectivity index (χ0v) is 16.5. The molecule has 0 saturated heterocycles. The fourth-order valence-corrected chi connectivity index (χ4v) is 3.22. The smallest absolute Gasteiger partial charge is 0.325 e. The maximum absolute atomic E-state index is 11.9. The fourth-order valence-electron chi connectivity index (χ4n) is 2.84. The molecule has 0 radical (unpaired) electrons. The van der Waals surface area contributed by atoms with Crippen molar-refractivity contribution < 1.29 is 26.5 Å². The second-order valence-corrected chi connectivity index (χ2v) is 6.30. The molecule has 2 aromatic carbocycles. The lowest BCUT2D eigenvalue weighted by Crippen LogP contribution is -3.00. The number of methoxy groups -OCH3 is 1. The summed E-state index contributed by atoms with van der Waals surface area (Å²) in [4.78, 5) is 18.5. The molecule has 0 spiro atoms. The van der Waals surface area contributed by atoms with E-state index in [1.54, 1.807) is 0 Å². The molecule has 2 aromatic rings. The van der Waals surface area contributed by atoms with Crippen LogP contribution in [-0.4, -0.2) is 30.4 Å². The number of carbonyl (C=O) groups is 1. The molecule has 4 nitrogen and oxygen atoms in total. The molecule has 0 saturated carbocycles. The normalized spacial score (nSPS) is 15.9. The van der Waals surface area contributed by atoms with Crippen molar-refractivity contribution in [2.45, 2.75) is 13.0 Å². The van der Waals surface area contributed by atoms with Crippen LogP contribution < -0.4 is 17.0 Å². The molecule has 0 aromatic heterocycles. The maximum Gasteiger partial charge on any atom is 0.325 e. The van der Waals surface area contributed by atoms with E-state index in [-0.39, 0.29) is 35.5 Å². The van der Waals surface area contributed by atoms with Gasteiger partial charge in [0.2, 0.25) is 0 Å². The summed E-state index contributed by atoms with van der Waals surface area (Å²) in [5, 5.41) is 0. The first-order valence-corrected chi connectivity index (χ1v) is 8.12. The van der Waals surface area contributed by atoms with Gasteiger partial charge in [-0.2, -0.15) is 0 Å². The number of halogens is 2. The van der Waals surface area contributed by atoms with Gasteiger partial charge in [-0.3, -0.25) is 4.79 Å². The van der Waals surface area contributed by atoms with Gasteiger partial charge in [0.15, 0.2) is 0 Å². The number of esters is 1. The predicted octanol–water partition coefficient (Wildman–Crippen LogP) is 1.08. The molecule has 24 heavy (non-hydrogen) atoms. The summed E-state index contributed by atoms with van der Waals surface area (Å²) in [6.07, 6.45) is 0. The van der Waals surface area contributed by atoms with Crippen molar-refractivity contribution in [3.8, 4) is 0 Å². The number of rotatable bonds is 3. The number of ether oxygens (including phenoxy) is 1. The molecule has 1 unspecified atom stereocenters. The molecule has 0 amide bonds. The Hall–Kier alpha value is -1.66. The molecule has 0 aliphatic carbocycles. The molecular formula is C18H17Br2N2O2-. The van der Waals surface area contributed by atoms with Gasteiger partial charge in [0.1, 0.15) is 12.4 Å². The van der Waals surface area contributed by atoms with E-state index in [0.717, 1.165) is 27.1 Å². The number of benzene rings is 2. The SMILES string of the molecule is COC(=O)CN1C(C)=Nc2ccc(Br)cc2C1c1ccccc1.[Br-]. The minimum atomic E-state index is -0.279. The first kappa shape index (κ1) is 18.7. The lowest BCUT2D eigenvalue weighted by atomic mass is 9.94. The number of carbonyl (C=O) groups excluding carboxylic acids is 1. The van der Waals surface area contributed by atoms with Crippen LogP contribution in [0.25, 0.3) is 0 Å². The van der Waals surface area contributed by atoms with E-state index in [1.807, 2.05) is 42.2 Å². The van der Waals surface area contributed by atoms with E-state index in [0.29, 0.717) is 0 Å². The Bertz CT molecular complexity index is 763. The second kappa shape index (κ2) is 7.94. The van der Waals surface area contributed by atoms with Gasteiger partial charge in [0, 0.05) is 10.0 Å². The van der Waals surface area contributed by atoms with E-state index >= 15 is 0 Å². The molecule has 0 fully saturated rings. The third-order valence-electron chi connectivity index (χ3n) is 3.94. The number of fused-ring (bicyclic) bond motifs is 1. The van der Waals surface area contributed by atoms with Gasteiger partial charge in [0.25, 0.3) is 0 Å². The molecule has 6 heteroatoms. The highest BCUT2D eigenvalue weighted by molar-refractivity contribution is 9.10. The van der Waals surface area contributed by atoms with Crippen molar-refractivity contribution >= 4 is 33.4 Å². The van der Waals surface area contributed by atoms with Gasteiger partial charge < -0.3 is 26.6 Å². The van der Waals surface area contributed by atoms with Gasteiger partial charge in [-0.1, -0.05) is 46.3 Å².